The van der Waals surface area contributed by atoms with E-state index in [0.29, 0.717) is 22.1 Å². The number of rotatable bonds is 2. The van der Waals surface area contributed by atoms with Crippen molar-refractivity contribution in [3.8, 4) is 0 Å². The number of hydrogen-bond acceptors (Lipinski definition) is 2. The molecule has 3 rings (SSSR count). The van der Waals surface area contributed by atoms with E-state index >= 15 is 0 Å². The van der Waals surface area contributed by atoms with Gasteiger partial charge in [0, 0.05) is 6.07 Å². The van der Waals surface area contributed by atoms with Crippen LogP contribution >= 0.6 is 27.5 Å². The lowest BCUT2D eigenvalue weighted by Crippen LogP contribution is -2.04. The van der Waals surface area contributed by atoms with E-state index in [4.69, 9.17) is 17.3 Å². The van der Waals surface area contributed by atoms with Crippen LogP contribution in [0.2, 0.25) is 5.02 Å². The molecule has 0 saturated heterocycles. The largest absolute Gasteiger partial charge is 0.369 e. The Morgan fingerprint density at radius 2 is 1.95 bits per heavy atom. The second-order valence-corrected chi connectivity index (χ2v) is 5.82. The van der Waals surface area contributed by atoms with E-state index in [1.54, 1.807) is 16.7 Å². The molecular formula is C14H9BrClF2N3. The Balaban J connectivity index is 2.09. The predicted octanol–water partition coefficient (Wildman–Crippen LogP) is 4.36. The van der Waals surface area contributed by atoms with Gasteiger partial charge in [-0.3, -0.25) is 0 Å². The second-order valence-electron chi connectivity index (χ2n) is 4.56. The van der Waals surface area contributed by atoms with Gasteiger partial charge >= 0.3 is 0 Å². The van der Waals surface area contributed by atoms with Crippen molar-refractivity contribution in [2.75, 3.05) is 5.73 Å². The summed E-state index contributed by atoms with van der Waals surface area (Å²) in [6.45, 7) is 0.362. The molecule has 0 atom stereocenters. The van der Waals surface area contributed by atoms with Gasteiger partial charge in [-0.05, 0) is 39.7 Å². The first-order chi connectivity index (χ1) is 9.95. The SMILES string of the molecule is Nc1nc2cc(F)c(Br)cc2n1Cc1ccc(F)c(Cl)c1. The molecule has 0 spiro atoms. The standard InChI is InChI=1S/C14H9BrClF2N3/c15-8-4-13-12(5-11(8)18)20-14(19)21(13)6-7-1-2-10(17)9(16)3-7/h1-5H,6H2,(H2,19,20). The second kappa shape index (κ2) is 5.27. The van der Waals surface area contributed by atoms with Crippen molar-refractivity contribution in [3.05, 3.63) is 57.0 Å². The van der Waals surface area contributed by atoms with Gasteiger partial charge in [-0.15, -0.1) is 0 Å². The van der Waals surface area contributed by atoms with Crippen molar-refractivity contribution in [1.82, 2.24) is 9.55 Å². The van der Waals surface area contributed by atoms with Gasteiger partial charge in [0.25, 0.3) is 0 Å². The van der Waals surface area contributed by atoms with Crippen molar-refractivity contribution in [2.45, 2.75) is 6.54 Å². The number of anilines is 1. The molecule has 108 valence electrons. The number of aromatic nitrogens is 2. The smallest absolute Gasteiger partial charge is 0.201 e. The van der Waals surface area contributed by atoms with Crippen LogP contribution in [0.4, 0.5) is 14.7 Å². The van der Waals surface area contributed by atoms with E-state index in [-0.39, 0.29) is 11.0 Å². The van der Waals surface area contributed by atoms with Crippen LogP contribution in [0.1, 0.15) is 5.56 Å². The Kier molecular flexibility index (Phi) is 3.59. The minimum atomic E-state index is -0.478. The van der Waals surface area contributed by atoms with Gasteiger partial charge in [-0.2, -0.15) is 0 Å². The van der Waals surface area contributed by atoms with Crippen LogP contribution in [0.15, 0.2) is 34.8 Å². The molecule has 0 fully saturated rings. The summed E-state index contributed by atoms with van der Waals surface area (Å²) in [5.74, 6) is -0.631. The van der Waals surface area contributed by atoms with E-state index in [0.717, 1.165) is 5.56 Å². The summed E-state index contributed by atoms with van der Waals surface area (Å²) in [6.07, 6.45) is 0. The fourth-order valence-corrected chi connectivity index (χ4v) is 2.66. The Labute approximate surface area is 132 Å². The number of fused-ring (bicyclic) bond motifs is 1. The molecule has 0 unspecified atom stereocenters. The van der Waals surface area contributed by atoms with Crippen molar-refractivity contribution >= 4 is 44.5 Å². The lowest BCUT2D eigenvalue weighted by molar-refractivity contribution is 0.622. The van der Waals surface area contributed by atoms with Gasteiger partial charge in [0.15, 0.2) is 0 Å². The summed E-state index contributed by atoms with van der Waals surface area (Å²) in [5, 5.41) is 0.0442. The van der Waals surface area contributed by atoms with Crippen LogP contribution < -0.4 is 5.73 Å². The molecule has 0 saturated carbocycles. The van der Waals surface area contributed by atoms with Crippen LogP contribution in [0.25, 0.3) is 11.0 Å². The fourth-order valence-electron chi connectivity index (χ4n) is 2.13. The van der Waals surface area contributed by atoms with Crippen LogP contribution in [-0.2, 0) is 6.54 Å². The quantitative estimate of drug-likeness (QED) is 0.726. The summed E-state index contributed by atoms with van der Waals surface area (Å²) in [7, 11) is 0. The van der Waals surface area contributed by atoms with E-state index in [1.165, 1.54) is 18.2 Å². The van der Waals surface area contributed by atoms with Crippen molar-refractivity contribution in [3.63, 3.8) is 0 Å². The highest BCUT2D eigenvalue weighted by Gasteiger charge is 2.12. The predicted molar refractivity (Wildman–Crippen MR) is 82.3 cm³/mol. The Morgan fingerprint density at radius 1 is 1.19 bits per heavy atom. The average molecular weight is 373 g/mol. The maximum absolute atomic E-state index is 13.5. The number of benzene rings is 2. The van der Waals surface area contributed by atoms with Crippen LogP contribution in [0.5, 0.6) is 0 Å². The zero-order chi connectivity index (χ0) is 15.1. The molecule has 1 aromatic heterocycles. The summed E-state index contributed by atoms with van der Waals surface area (Å²) in [4.78, 5) is 4.12. The number of nitrogens with two attached hydrogens (primary N) is 1. The minimum Gasteiger partial charge on any atom is -0.369 e. The highest BCUT2D eigenvalue weighted by molar-refractivity contribution is 9.10. The highest BCUT2D eigenvalue weighted by Crippen LogP contribution is 2.26. The summed E-state index contributed by atoms with van der Waals surface area (Å²) in [5.41, 5.74) is 7.79. The van der Waals surface area contributed by atoms with Gasteiger partial charge in [0.05, 0.1) is 27.1 Å². The van der Waals surface area contributed by atoms with E-state index < -0.39 is 11.6 Å². The maximum Gasteiger partial charge on any atom is 0.201 e. The Morgan fingerprint density at radius 3 is 2.67 bits per heavy atom. The zero-order valence-corrected chi connectivity index (χ0v) is 12.9. The van der Waals surface area contributed by atoms with Crippen LogP contribution in [0, 0.1) is 11.6 Å². The monoisotopic (exact) mass is 371 g/mol. The molecule has 0 bridgehead atoms. The molecule has 0 aliphatic carbocycles. The molecule has 7 heteroatoms. The minimum absolute atomic E-state index is 0.0442. The molecule has 0 amide bonds. The molecule has 3 nitrogen and oxygen atoms in total. The number of hydrogen-bond donors (Lipinski definition) is 1. The van der Waals surface area contributed by atoms with Gasteiger partial charge in [0.1, 0.15) is 11.6 Å². The van der Waals surface area contributed by atoms with Crippen molar-refractivity contribution < 1.29 is 8.78 Å². The number of imidazole rings is 1. The summed E-state index contributed by atoms with van der Waals surface area (Å²) >= 11 is 8.91. The first-order valence-electron chi connectivity index (χ1n) is 6.00. The molecule has 2 N–H and O–H groups in total. The third-order valence-corrected chi connectivity index (χ3v) is 4.04. The molecule has 2 aromatic carbocycles. The Hall–Kier alpha value is -1.66. The molecule has 0 radical (unpaired) electrons. The topological polar surface area (TPSA) is 43.8 Å². The fraction of sp³-hybridized carbons (Fsp3) is 0.0714. The third-order valence-electron chi connectivity index (χ3n) is 3.14. The number of halogens is 4. The third kappa shape index (κ3) is 2.61. The van der Waals surface area contributed by atoms with Gasteiger partial charge in [0.2, 0.25) is 5.95 Å². The van der Waals surface area contributed by atoms with Gasteiger partial charge in [-0.1, -0.05) is 17.7 Å². The lowest BCUT2D eigenvalue weighted by atomic mass is 10.2. The lowest BCUT2D eigenvalue weighted by Gasteiger charge is -2.08. The number of nitrogens with zero attached hydrogens (tertiary/aromatic N) is 2. The van der Waals surface area contributed by atoms with E-state index in [1.807, 2.05) is 0 Å². The van der Waals surface area contributed by atoms with E-state index in [2.05, 4.69) is 20.9 Å². The zero-order valence-electron chi connectivity index (χ0n) is 10.6. The van der Waals surface area contributed by atoms with Crippen LogP contribution in [0.3, 0.4) is 0 Å². The maximum atomic E-state index is 13.5. The summed E-state index contributed by atoms with van der Waals surface area (Å²) < 4.78 is 28.7. The number of nitrogen functional groups attached to an aromatic ring is 1. The van der Waals surface area contributed by atoms with Gasteiger partial charge < -0.3 is 10.3 Å². The molecular weight excluding hydrogens is 364 g/mol. The normalized spacial score (nSPS) is 11.2. The molecule has 0 aliphatic heterocycles. The van der Waals surface area contributed by atoms with Crippen molar-refractivity contribution in [1.29, 1.82) is 0 Å². The Bertz CT molecular complexity index is 848. The molecule has 21 heavy (non-hydrogen) atoms. The first kappa shape index (κ1) is 14.3. The molecule has 3 aromatic rings. The van der Waals surface area contributed by atoms with E-state index in [9.17, 15) is 8.78 Å². The van der Waals surface area contributed by atoms with Crippen molar-refractivity contribution in [2.24, 2.45) is 0 Å². The van der Waals surface area contributed by atoms with Gasteiger partial charge in [-0.25, -0.2) is 13.8 Å². The van der Waals surface area contributed by atoms with Crippen LogP contribution in [-0.4, -0.2) is 9.55 Å². The summed E-state index contributed by atoms with van der Waals surface area (Å²) in [6, 6.07) is 7.36. The highest BCUT2D eigenvalue weighted by atomic mass is 79.9. The molecule has 0 aliphatic rings. The first-order valence-corrected chi connectivity index (χ1v) is 7.17. The molecule has 1 heterocycles. The average Bonchev–Trinajstić information content (AvgIpc) is 2.71.